The lowest BCUT2D eigenvalue weighted by atomic mass is 10.1. The third kappa shape index (κ3) is 5.17. The predicted octanol–water partition coefficient (Wildman–Crippen LogP) is 2.56. The van der Waals surface area contributed by atoms with Crippen LogP contribution in [0.4, 0.5) is 4.39 Å². The molecular formula is C15H22FNO3. The molecule has 1 aromatic carbocycles. The lowest BCUT2D eigenvalue weighted by Crippen LogP contribution is -2.36. The average Bonchev–Trinajstić information content (AvgIpc) is 2.37. The van der Waals surface area contributed by atoms with Gasteiger partial charge in [-0.1, -0.05) is 13.3 Å². The molecule has 1 aromatic rings. The molecule has 112 valence electrons. The van der Waals surface area contributed by atoms with Crippen molar-refractivity contribution in [2.45, 2.75) is 45.8 Å². The molecule has 0 spiro atoms. The summed E-state index contributed by atoms with van der Waals surface area (Å²) in [6.07, 6.45) is 1.04. The van der Waals surface area contributed by atoms with Gasteiger partial charge in [-0.05, 0) is 38.5 Å². The Bertz CT molecular complexity index is 449. The van der Waals surface area contributed by atoms with E-state index in [1.807, 2.05) is 13.8 Å². The fourth-order valence-corrected chi connectivity index (χ4v) is 1.94. The van der Waals surface area contributed by atoms with Crippen molar-refractivity contribution in [2.75, 3.05) is 6.61 Å². The van der Waals surface area contributed by atoms with Crippen LogP contribution in [0, 0.1) is 5.82 Å². The number of ether oxygens (including phenoxy) is 1. The maximum Gasteiger partial charge on any atom is 0.258 e. The number of hydrogen-bond acceptors (Lipinski definition) is 3. The van der Waals surface area contributed by atoms with Crippen LogP contribution in [-0.4, -0.2) is 23.7 Å². The van der Waals surface area contributed by atoms with Crippen LogP contribution in [0.1, 0.15) is 45.3 Å². The molecule has 0 bridgehead atoms. The van der Waals surface area contributed by atoms with Crippen LogP contribution in [0.25, 0.3) is 0 Å². The molecule has 2 N–H and O–H groups in total. The van der Waals surface area contributed by atoms with Gasteiger partial charge in [-0.25, -0.2) is 4.39 Å². The first-order chi connectivity index (χ1) is 9.43. The van der Waals surface area contributed by atoms with Gasteiger partial charge in [0, 0.05) is 11.6 Å². The van der Waals surface area contributed by atoms with Crippen molar-refractivity contribution >= 4 is 5.91 Å². The van der Waals surface area contributed by atoms with E-state index in [1.165, 1.54) is 25.1 Å². The van der Waals surface area contributed by atoms with Crippen LogP contribution in [-0.2, 0) is 4.79 Å². The van der Waals surface area contributed by atoms with Gasteiger partial charge in [0.05, 0.1) is 6.10 Å². The van der Waals surface area contributed by atoms with Crippen LogP contribution in [0.3, 0.4) is 0 Å². The van der Waals surface area contributed by atoms with E-state index >= 15 is 0 Å². The lowest BCUT2D eigenvalue weighted by Gasteiger charge is -2.15. The van der Waals surface area contributed by atoms with Crippen molar-refractivity contribution in [1.82, 2.24) is 5.32 Å². The highest BCUT2D eigenvalue weighted by Crippen LogP contribution is 2.25. The minimum absolute atomic E-state index is 0.0977. The second-order valence-electron chi connectivity index (χ2n) is 4.90. The molecular weight excluding hydrogens is 261 g/mol. The molecule has 0 aliphatic rings. The standard InChI is InChI=1S/C15H22FNO3/c1-4-5-10(2)17-15(19)9-20-14-7-6-12(16)8-13(14)11(3)18/h6-8,10-11,18H,4-5,9H2,1-3H3,(H,17,19)/t10?,11-/m0/s1. The highest BCUT2D eigenvalue weighted by atomic mass is 19.1. The third-order valence-corrected chi connectivity index (χ3v) is 2.91. The average molecular weight is 283 g/mol. The summed E-state index contributed by atoms with van der Waals surface area (Å²) >= 11 is 0. The van der Waals surface area contributed by atoms with E-state index in [1.54, 1.807) is 0 Å². The van der Waals surface area contributed by atoms with Crippen molar-refractivity contribution in [3.05, 3.63) is 29.6 Å². The number of aliphatic hydroxyl groups excluding tert-OH is 1. The highest BCUT2D eigenvalue weighted by molar-refractivity contribution is 5.77. The number of rotatable bonds is 7. The molecule has 0 fully saturated rings. The van der Waals surface area contributed by atoms with E-state index in [2.05, 4.69) is 5.32 Å². The first kappa shape index (κ1) is 16.4. The summed E-state index contributed by atoms with van der Waals surface area (Å²) in [7, 11) is 0. The third-order valence-electron chi connectivity index (χ3n) is 2.91. The van der Waals surface area contributed by atoms with Gasteiger partial charge in [0.2, 0.25) is 0 Å². The number of carbonyl (C=O) groups excluding carboxylic acids is 1. The lowest BCUT2D eigenvalue weighted by molar-refractivity contribution is -0.123. The zero-order chi connectivity index (χ0) is 15.1. The van der Waals surface area contributed by atoms with Gasteiger partial charge < -0.3 is 15.2 Å². The Morgan fingerprint density at radius 1 is 1.45 bits per heavy atom. The second kappa shape index (κ2) is 7.85. The summed E-state index contributed by atoms with van der Waals surface area (Å²) in [4.78, 5) is 11.7. The molecule has 20 heavy (non-hydrogen) atoms. The monoisotopic (exact) mass is 283 g/mol. The first-order valence-corrected chi connectivity index (χ1v) is 6.83. The Hall–Kier alpha value is -1.62. The van der Waals surface area contributed by atoms with E-state index in [0.29, 0.717) is 11.3 Å². The maximum atomic E-state index is 13.1. The molecule has 1 unspecified atom stereocenters. The Labute approximate surface area is 119 Å². The Kier molecular flexibility index (Phi) is 6.45. The minimum atomic E-state index is -0.859. The van der Waals surface area contributed by atoms with Crippen molar-refractivity contribution < 1.29 is 19.0 Å². The fourth-order valence-electron chi connectivity index (χ4n) is 1.94. The van der Waals surface area contributed by atoms with Gasteiger partial charge in [0.1, 0.15) is 11.6 Å². The van der Waals surface area contributed by atoms with Crippen LogP contribution in [0.2, 0.25) is 0 Å². The number of benzene rings is 1. The van der Waals surface area contributed by atoms with Gasteiger partial charge in [-0.15, -0.1) is 0 Å². The van der Waals surface area contributed by atoms with E-state index in [0.717, 1.165) is 12.8 Å². The van der Waals surface area contributed by atoms with Gasteiger partial charge >= 0.3 is 0 Å². The summed E-state index contributed by atoms with van der Waals surface area (Å²) in [5.41, 5.74) is 0.333. The maximum absolute atomic E-state index is 13.1. The van der Waals surface area contributed by atoms with E-state index in [9.17, 15) is 14.3 Å². The molecule has 0 heterocycles. The highest BCUT2D eigenvalue weighted by Gasteiger charge is 2.13. The summed E-state index contributed by atoms with van der Waals surface area (Å²) in [5.74, 6) is -0.360. The van der Waals surface area contributed by atoms with Crippen molar-refractivity contribution in [1.29, 1.82) is 0 Å². The molecule has 0 aliphatic heterocycles. The number of aliphatic hydroxyl groups is 1. The van der Waals surface area contributed by atoms with Gasteiger partial charge in [0.15, 0.2) is 6.61 Å². The van der Waals surface area contributed by atoms with Crippen molar-refractivity contribution in [3.8, 4) is 5.75 Å². The first-order valence-electron chi connectivity index (χ1n) is 6.83. The normalized spacial score (nSPS) is 13.7. The van der Waals surface area contributed by atoms with Gasteiger partial charge in [-0.2, -0.15) is 0 Å². The second-order valence-corrected chi connectivity index (χ2v) is 4.90. The number of halogens is 1. The molecule has 1 amide bonds. The number of amides is 1. The van der Waals surface area contributed by atoms with Crippen LogP contribution >= 0.6 is 0 Å². The van der Waals surface area contributed by atoms with E-state index in [4.69, 9.17) is 4.74 Å². The van der Waals surface area contributed by atoms with Gasteiger partial charge in [0.25, 0.3) is 5.91 Å². The van der Waals surface area contributed by atoms with Crippen LogP contribution < -0.4 is 10.1 Å². The summed E-state index contributed by atoms with van der Waals surface area (Å²) in [6.45, 7) is 5.34. The van der Waals surface area contributed by atoms with E-state index in [-0.39, 0.29) is 18.6 Å². The molecule has 0 saturated carbocycles. The molecule has 1 rings (SSSR count). The summed E-state index contributed by atoms with van der Waals surface area (Å²) in [5, 5.41) is 12.4. The molecule has 0 radical (unpaired) electrons. The molecule has 5 heteroatoms. The number of hydrogen-bond donors (Lipinski definition) is 2. The molecule has 0 saturated heterocycles. The summed E-state index contributed by atoms with van der Waals surface area (Å²) in [6, 6.07) is 3.96. The zero-order valence-corrected chi connectivity index (χ0v) is 12.1. The Morgan fingerprint density at radius 2 is 2.15 bits per heavy atom. The molecule has 0 aromatic heterocycles. The molecule has 4 nitrogen and oxygen atoms in total. The number of nitrogens with one attached hydrogen (secondary N) is 1. The zero-order valence-electron chi connectivity index (χ0n) is 12.1. The van der Waals surface area contributed by atoms with Crippen LogP contribution in [0.5, 0.6) is 5.75 Å². The predicted molar refractivity (Wildman–Crippen MR) is 75.0 cm³/mol. The Morgan fingerprint density at radius 3 is 2.75 bits per heavy atom. The summed E-state index contributed by atoms with van der Waals surface area (Å²) < 4.78 is 18.5. The smallest absolute Gasteiger partial charge is 0.258 e. The fraction of sp³-hybridized carbons (Fsp3) is 0.533. The van der Waals surface area contributed by atoms with Crippen molar-refractivity contribution in [2.24, 2.45) is 0 Å². The largest absolute Gasteiger partial charge is 0.483 e. The SMILES string of the molecule is CCCC(C)NC(=O)COc1ccc(F)cc1[C@H](C)O. The number of carbonyl (C=O) groups is 1. The van der Waals surface area contributed by atoms with Gasteiger partial charge in [-0.3, -0.25) is 4.79 Å². The van der Waals surface area contributed by atoms with Crippen LogP contribution in [0.15, 0.2) is 18.2 Å². The minimum Gasteiger partial charge on any atom is -0.483 e. The topological polar surface area (TPSA) is 58.6 Å². The quantitative estimate of drug-likeness (QED) is 0.808. The van der Waals surface area contributed by atoms with Crippen molar-refractivity contribution in [3.63, 3.8) is 0 Å². The Balaban J connectivity index is 2.59. The molecule has 0 aliphatic carbocycles. The molecule has 2 atom stereocenters. The van der Waals surface area contributed by atoms with E-state index < -0.39 is 11.9 Å².